The van der Waals surface area contributed by atoms with Gasteiger partial charge in [-0.1, -0.05) is 0 Å². The second-order valence-corrected chi connectivity index (χ2v) is 0.671. The Morgan fingerprint density at radius 3 is 1.83 bits per heavy atom. The van der Waals surface area contributed by atoms with Crippen molar-refractivity contribution in [3.05, 3.63) is 0 Å². The van der Waals surface area contributed by atoms with Crippen LogP contribution in [0.3, 0.4) is 0 Å². The van der Waals surface area contributed by atoms with E-state index in [2.05, 4.69) is 9.98 Å². The molecule has 0 rings (SSSR count). The first kappa shape index (κ1) is 2.50. The highest BCUT2D eigenvalue weighted by Crippen LogP contribution is 1.46. The Kier molecular flexibility index (Phi) is 1.81. The number of hydrogen-bond acceptors (Lipinski definition) is 2. The van der Waals surface area contributed by atoms with Crippen LogP contribution in [0.5, 0.6) is 0 Å². The molecule has 0 aromatic rings. The molecule has 0 bridgehead atoms. The third kappa shape index (κ3) is 3.34. The molecule has 0 radical (unpaired) electrons. The summed E-state index contributed by atoms with van der Waals surface area (Å²) in [4.78, 5) is 6.85. The molecule has 6 heavy (non-hydrogen) atoms. The van der Waals surface area contributed by atoms with E-state index in [0.29, 0.717) is 0 Å². The van der Waals surface area contributed by atoms with E-state index in [-0.39, 0.29) is 12.4 Å². The van der Waals surface area contributed by atoms with E-state index < -0.39 is 0 Å². The van der Waals surface area contributed by atoms with Crippen LogP contribution in [-0.2, 0) is 0 Å². The van der Waals surface area contributed by atoms with Crippen LogP contribution in [0.4, 0.5) is 0 Å². The minimum Gasteiger partial charge on any atom is -0.295 e. The first-order chi connectivity index (χ1) is 3.72. The molecular weight excluding hydrogens is 76.1 g/mol. The molecule has 0 saturated carbocycles. The van der Waals surface area contributed by atoms with E-state index in [1.54, 1.807) is 0 Å². The quantitative estimate of drug-likeness (QED) is 0.414. The second kappa shape index (κ2) is 4.34. The molecule has 0 heterocycles. The van der Waals surface area contributed by atoms with Crippen LogP contribution >= 0.6 is 0 Å². The van der Waals surface area contributed by atoms with Crippen LogP contribution in [0.15, 0.2) is 9.98 Å². The molecule has 0 amide bonds. The zero-order chi connectivity index (χ0) is 6.57. The van der Waals surface area contributed by atoms with Crippen molar-refractivity contribution in [2.75, 3.05) is 14.1 Å². The standard InChI is InChI=1S/C4H8N2/c1-5-3-4-6-2/h3-4H,1-2H3/i3T,4T. The van der Waals surface area contributed by atoms with Crippen molar-refractivity contribution in [3.8, 4) is 0 Å². The van der Waals surface area contributed by atoms with Gasteiger partial charge in [-0.3, -0.25) is 9.98 Å². The lowest BCUT2D eigenvalue weighted by atomic mass is 10.8. The Morgan fingerprint density at radius 1 is 1.33 bits per heavy atom. The lowest BCUT2D eigenvalue weighted by molar-refractivity contribution is 1.46. The predicted octanol–water partition coefficient (Wildman–Crippen LogP) is 0.388. The lowest BCUT2D eigenvalue weighted by Crippen LogP contribution is -1.69. The van der Waals surface area contributed by atoms with Gasteiger partial charge >= 0.3 is 0 Å². The van der Waals surface area contributed by atoms with Gasteiger partial charge in [0.25, 0.3) is 0 Å². The maximum Gasteiger partial charge on any atom is 0.0851 e. The molecule has 0 aromatic heterocycles. The van der Waals surface area contributed by atoms with Crippen molar-refractivity contribution in [2.45, 2.75) is 0 Å². The predicted molar refractivity (Wildman–Crippen MR) is 28.8 cm³/mol. The van der Waals surface area contributed by atoms with Crippen LogP contribution < -0.4 is 0 Å². The van der Waals surface area contributed by atoms with Gasteiger partial charge in [0.05, 0.1) is 2.74 Å². The fourth-order valence-electron chi connectivity index (χ4n) is 0.100. The molecule has 2 nitrogen and oxygen atoms in total. The van der Waals surface area contributed by atoms with Gasteiger partial charge in [0, 0.05) is 26.5 Å². The van der Waals surface area contributed by atoms with Crippen molar-refractivity contribution in [1.29, 1.82) is 0 Å². The number of rotatable bonds is 1. The van der Waals surface area contributed by atoms with Gasteiger partial charge in [-0.2, -0.15) is 0 Å². The molecule has 0 aliphatic carbocycles. The van der Waals surface area contributed by atoms with Crippen LogP contribution in [0.2, 0.25) is 0 Å². The van der Waals surface area contributed by atoms with Crippen LogP contribution in [0.1, 0.15) is 2.74 Å². The summed E-state index contributed by atoms with van der Waals surface area (Å²) in [5, 5.41) is 0. The van der Waals surface area contributed by atoms with Crippen molar-refractivity contribution >= 4 is 12.4 Å². The number of hydrogen-bond donors (Lipinski definition) is 0. The Balaban J connectivity index is 4.04. The summed E-state index contributed by atoms with van der Waals surface area (Å²) in [5.74, 6) is 0. The summed E-state index contributed by atoms with van der Waals surface area (Å²) in [7, 11) is 2.92. The van der Waals surface area contributed by atoms with E-state index in [0.717, 1.165) is 0 Å². The Bertz CT molecular complexity index is 112. The van der Waals surface area contributed by atoms with Crippen molar-refractivity contribution in [1.82, 2.24) is 0 Å². The maximum absolute atomic E-state index is 6.86. The molecule has 0 aromatic carbocycles. The summed E-state index contributed by atoms with van der Waals surface area (Å²) < 4.78 is 13.7. The SMILES string of the molecule is [3H]C(=NC)C([3H])=NC. The second-order valence-electron chi connectivity index (χ2n) is 0.671. The van der Waals surface area contributed by atoms with E-state index in [9.17, 15) is 0 Å². The first-order valence-electron chi connectivity index (χ1n) is 2.59. The Labute approximate surface area is 40.4 Å². The highest BCUT2D eigenvalue weighted by molar-refractivity contribution is 6.15. The van der Waals surface area contributed by atoms with E-state index >= 15 is 0 Å². The summed E-state index contributed by atoms with van der Waals surface area (Å²) in [6, 6.07) is 0. The Hall–Kier alpha value is -0.660. The number of aliphatic imine (C=N–C) groups is 2. The molecule has 0 unspecified atom stereocenters. The molecule has 0 aliphatic heterocycles. The van der Waals surface area contributed by atoms with Gasteiger partial charge in [-0.15, -0.1) is 0 Å². The summed E-state index contributed by atoms with van der Waals surface area (Å²) in [6.45, 7) is 0. The van der Waals surface area contributed by atoms with Crippen molar-refractivity contribution in [2.24, 2.45) is 9.98 Å². The zero-order valence-electron chi connectivity index (χ0n) is 5.89. The van der Waals surface area contributed by atoms with Gasteiger partial charge in [-0.25, -0.2) is 0 Å². The first-order valence-corrected chi connectivity index (χ1v) is 1.59. The van der Waals surface area contributed by atoms with Gasteiger partial charge in [0.2, 0.25) is 0 Å². The smallest absolute Gasteiger partial charge is 0.0851 e. The fraction of sp³-hybridized carbons (Fsp3) is 0.500. The topological polar surface area (TPSA) is 24.7 Å². The minimum atomic E-state index is -0.0764. The molecule has 0 saturated heterocycles. The maximum atomic E-state index is 6.86. The molecule has 0 fully saturated rings. The summed E-state index contributed by atoms with van der Waals surface area (Å²) in [5.41, 5.74) is 0. The number of nitrogens with zero attached hydrogens (tertiary/aromatic N) is 2. The third-order valence-corrected chi connectivity index (χ3v) is 0.274. The van der Waals surface area contributed by atoms with Gasteiger partial charge in [0.15, 0.2) is 0 Å². The van der Waals surface area contributed by atoms with Gasteiger partial charge in [-0.05, 0) is 0 Å². The fourth-order valence-corrected chi connectivity index (χ4v) is 0.100. The van der Waals surface area contributed by atoms with E-state index in [1.807, 2.05) is 0 Å². The largest absolute Gasteiger partial charge is 0.295 e. The molecule has 2 heteroatoms. The monoisotopic (exact) mass is 88.1 g/mol. The Morgan fingerprint density at radius 2 is 1.67 bits per heavy atom. The van der Waals surface area contributed by atoms with Crippen LogP contribution in [0, 0.1) is 0 Å². The molecule has 0 aliphatic rings. The normalized spacial score (nSPS) is 19.7. The molecule has 0 atom stereocenters. The molecule has 0 spiro atoms. The highest BCUT2D eigenvalue weighted by Gasteiger charge is 1.49. The highest BCUT2D eigenvalue weighted by atomic mass is 14.7. The van der Waals surface area contributed by atoms with Crippen molar-refractivity contribution < 1.29 is 2.74 Å². The summed E-state index contributed by atoms with van der Waals surface area (Å²) in [6.07, 6.45) is -0.153. The molecular formula is C4H8N2. The average Bonchev–Trinajstić information content (AvgIpc) is 1.84. The van der Waals surface area contributed by atoms with Crippen molar-refractivity contribution in [3.63, 3.8) is 0 Å². The molecule has 0 N–H and O–H groups in total. The lowest BCUT2D eigenvalue weighted by Gasteiger charge is -1.64. The van der Waals surface area contributed by atoms with E-state index in [4.69, 9.17) is 2.74 Å². The van der Waals surface area contributed by atoms with E-state index in [1.165, 1.54) is 14.1 Å². The zero-order valence-corrected chi connectivity index (χ0v) is 3.89. The molecule has 34 valence electrons. The average molecular weight is 88.1 g/mol. The minimum absolute atomic E-state index is 0.0764. The van der Waals surface area contributed by atoms with Crippen LogP contribution in [0.25, 0.3) is 0 Å². The van der Waals surface area contributed by atoms with Gasteiger partial charge in [0.1, 0.15) is 0 Å². The third-order valence-electron chi connectivity index (χ3n) is 0.274. The summed E-state index contributed by atoms with van der Waals surface area (Å²) >= 11 is 0. The van der Waals surface area contributed by atoms with Crippen LogP contribution in [-0.4, -0.2) is 26.5 Å². The van der Waals surface area contributed by atoms with Gasteiger partial charge < -0.3 is 0 Å².